The van der Waals surface area contributed by atoms with E-state index in [0.29, 0.717) is 17.0 Å². The molecular weight excluding hydrogens is 316 g/mol. The third kappa shape index (κ3) is 4.38. The lowest BCUT2D eigenvalue weighted by Gasteiger charge is -2.16. The monoisotopic (exact) mass is 338 g/mol. The first-order chi connectivity index (χ1) is 12.1. The Bertz CT molecular complexity index is 722. The number of anilines is 1. The zero-order valence-corrected chi connectivity index (χ0v) is 14.3. The van der Waals surface area contributed by atoms with Gasteiger partial charge < -0.3 is 15.0 Å². The summed E-state index contributed by atoms with van der Waals surface area (Å²) >= 11 is 0. The van der Waals surface area contributed by atoms with Crippen LogP contribution in [0.25, 0.3) is 0 Å². The van der Waals surface area contributed by atoms with Gasteiger partial charge in [0.2, 0.25) is 0 Å². The molecule has 25 heavy (non-hydrogen) atoms. The minimum absolute atomic E-state index is 0.0520. The van der Waals surface area contributed by atoms with Gasteiger partial charge in [0.05, 0.1) is 0 Å². The predicted molar refractivity (Wildman–Crippen MR) is 96.7 cm³/mol. The Hall–Kier alpha value is -2.82. The van der Waals surface area contributed by atoms with Gasteiger partial charge in [-0.25, -0.2) is 0 Å². The van der Waals surface area contributed by atoms with Crippen molar-refractivity contribution >= 4 is 17.5 Å². The van der Waals surface area contributed by atoms with Gasteiger partial charge in [-0.2, -0.15) is 0 Å². The highest BCUT2D eigenvalue weighted by Gasteiger charge is 2.19. The van der Waals surface area contributed by atoms with Gasteiger partial charge in [0.15, 0.2) is 6.10 Å². The molecule has 1 saturated heterocycles. The van der Waals surface area contributed by atoms with E-state index in [-0.39, 0.29) is 11.8 Å². The largest absolute Gasteiger partial charge is 0.481 e. The maximum absolute atomic E-state index is 12.3. The van der Waals surface area contributed by atoms with Crippen LogP contribution in [0.5, 0.6) is 5.75 Å². The molecule has 0 aromatic heterocycles. The first kappa shape index (κ1) is 17.0. The number of carbonyl (C=O) groups excluding carboxylic acids is 2. The highest BCUT2D eigenvalue weighted by atomic mass is 16.5. The number of nitrogens with zero attached hydrogens (tertiary/aromatic N) is 1. The number of likely N-dealkylation sites (tertiary alicyclic amines) is 1. The molecular formula is C20H22N2O3. The predicted octanol–water partition coefficient (Wildman–Crippen LogP) is 3.33. The normalized spacial score (nSPS) is 14.8. The molecule has 1 fully saturated rings. The highest BCUT2D eigenvalue weighted by Crippen LogP contribution is 2.16. The van der Waals surface area contributed by atoms with Gasteiger partial charge in [-0.3, -0.25) is 9.59 Å². The maximum atomic E-state index is 12.3. The van der Waals surface area contributed by atoms with Crippen LogP contribution in [0.2, 0.25) is 0 Å². The average Bonchev–Trinajstić information content (AvgIpc) is 3.17. The van der Waals surface area contributed by atoms with E-state index in [1.807, 2.05) is 35.2 Å². The Labute approximate surface area is 147 Å². The molecule has 0 unspecified atom stereocenters. The van der Waals surface area contributed by atoms with Crippen molar-refractivity contribution in [3.63, 3.8) is 0 Å². The first-order valence-electron chi connectivity index (χ1n) is 8.55. The van der Waals surface area contributed by atoms with Crippen molar-refractivity contribution in [2.24, 2.45) is 0 Å². The molecule has 2 aromatic rings. The lowest BCUT2D eigenvalue weighted by atomic mass is 10.2. The Morgan fingerprint density at radius 2 is 1.64 bits per heavy atom. The van der Waals surface area contributed by atoms with E-state index in [9.17, 15) is 9.59 Å². The van der Waals surface area contributed by atoms with Gasteiger partial charge >= 0.3 is 0 Å². The van der Waals surface area contributed by atoms with E-state index in [0.717, 1.165) is 25.9 Å². The SMILES string of the molecule is C[C@@H](Oc1ccccc1)C(=O)Nc1ccc(C(=O)N2CCCC2)cc1. The van der Waals surface area contributed by atoms with Crippen LogP contribution in [0.1, 0.15) is 30.1 Å². The van der Waals surface area contributed by atoms with E-state index in [1.165, 1.54) is 0 Å². The zero-order valence-electron chi connectivity index (χ0n) is 14.3. The second kappa shape index (κ2) is 7.83. The quantitative estimate of drug-likeness (QED) is 0.910. The Kier molecular flexibility index (Phi) is 5.33. The van der Waals surface area contributed by atoms with Gasteiger partial charge in [-0.1, -0.05) is 18.2 Å². The highest BCUT2D eigenvalue weighted by molar-refractivity contribution is 5.97. The number of rotatable bonds is 5. The molecule has 1 N–H and O–H groups in total. The van der Waals surface area contributed by atoms with Crippen molar-refractivity contribution in [1.29, 1.82) is 0 Å². The summed E-state index contributed by atoms with van der Waals surface area (Å²) in [6.45, 7) is 3.35. The van der Waals surface area contributed by atoms with Crippen LogP contribution in [0.4, 0.5) is 5.69 Å². The summed E-state index contributed by atoms with van der Waals surface area (Å²) in [4.78, 5) is 26.4. The van der Waals surface area contributed by atoms with E-state index >= 15 is 0 Å². The van der Waals surface area contributed by atoms with E-state index < -0.39 is 6.10 Å². The van der Waals surface area contributed by atoms with Crippen LogP contribution in [-0.4, -0.2) is 35.9 Å². The molecule has 0 spiro atoms. The summed E-state index contributed by atoms with van der Waals surface area (Å²) in [6.07, 6.45) is 1.52. The minimum Gasteiger partial charge on any atom is -0.481 e. The lowest BCUT2D eigenvalue weighted by molar-refractivity contribution is -0.122. The van der Waals surface area contributed by atoms with Crippen molar-refractivity contribution in [2.45, 2.75) is 25.9 Å². The summed E-state index contributed by atoms with van der Waals surface area (Å²) in [5.41, 5.74) is 1.29. The zero-order chi connectivity index (χ0) is 17.6. The van der Waals surface area contributed by atoms with Gasteiger partial charge in [0, 0.05) is 24.3 Å². The van der Waals surface area contributed by atoms with Crippen molar-refractivity contribution in [3.05, 3.63) is 60.2 Å². The first-order valence-corrected chi connectivity index (χ1v) is 8.55. The molecule has 1 heterocycles. The number of nitrogens with one attached hydrogen (secondary N) is 1. The smallest absolute Gasteiger partial charge is 0.265 e. The molecule has 1 aliphatic rings. The molecule has 130 valence electrons. The van der Waals surface area contributed by atoms with Crippen molar-refractivity contribution < 1.29 is 14.3 Å². The summed E-state index contributed by atoms with van der Waals surface area (Å²) in [7, 11) is 0. The fourth-order valence-corrected chi connectivity index (χ4v) is 2.80. The molecule has 0 radical (unpaired) electrons. The summed E-state index contributed by atoms with van der Waals surface area (Å²) in [5.74, 6) is 0.468. The maximum Gasteiger partial charge on any atom is 0.265 e. The third-order valence-corrected chi connectivity index (χ3v) is 4.22. The molecule has 1 atom stereocenters. The standard InChI is InChI=1S/C20H22N2O3/c1-15(25-18-7-3-2-4-8-18)19(23)21-17-11-9-16(10-12-17)20(24)22-13-5-6-14-22/h2-4,7-12,15H,5-6,13-14H2,1H3,(H,21,23)/t15-/m1/s1. The second-order valence-corrected chi connectivity index (χ2v) is 6.14. The Balaban J connectivity index is 1.57. The van der Waals surface area contributed by atoms with Crippen LogP contribution in [0.15, 0.2) is 54.6 Å². The topological polar surface area (TPSA) is 58.6 Å². The molecule has 2 aromatic carbocycles. The number of hydrogen-bond donors (Lipinski definition) is 1. The number of ether oxygens (including phenoxy) is 1. The Morgan fingerprint density at radius 3 is 2.28 bits per heavy atom. The average molecular weight is 338 g/mol. The fourth-order valence-electron chi connectivity index (χ4n) is 2.80. The van der Waals surface area contributed by atoms with Crippen LogP contribution >= 0.6 is 0 Å². The van der Waals surface area contributed by atoms with Crippen molar-refractivity contribution in [1.82, 2.24) is 4.90 Å². The molecule has 1 aliphatic heterocycles. The molecule has 5 heteroatoms. The lowest BCUT2D eigenvalue weighted by Crippen LogP contribution is -2.30. The number of carbonyl (C=O) groups is 2. The van der Waals surface area contributed by atoms with Crippen LogP contribution < -0.4 is 10.1 Å². The van der Waals surface area contributed by atoms with Gasteiger partial charge in [-0.05, 0) is 56.2 Å². The van der Waals surface area contributed by atoms with Crippen LogP contribution in [-0.2, 0) is 4.79 Å². The molecule has 5 nitrogen and oxygen atoms in total. The molecule has 3 rings (SSSR count). The van der Waals surface area contributed by atoms with E-state index in [4.69, 9.17) is 4.74 Å². The molecule has 2 amide bonds. The van der Waals surface area contributed by atoms with E-state index in [2.05, 4.69) is 5.32 Å². The Morgan fingerprint density at radius 1 is 1.00 bits per heavy atom. The molecule has 0 saturated carbocycles. The number of benzene rings is 2. The fraction of sp³-hybridized carbons (Fsp3) is 0.300. The van der Waals surface area contributed by atoms with Crippen LogP contribution in [0.3, 0.4) is 0 Å². The third-order valence-electron chi connectivity index (χ3n) is 4.22. The minimum atomic E-state index is -0.617. The number of amides is 2. The number of hydrogen-bond acceptors (Lipinski definition) is 3. The summed E-state index contributed by atoms with van der Waals surface area (Å²) in [5, 5.41) is 2.81. The second-order valence-electron chi connectivity index (χ2n) is 6.14. The molecule has 0 aliphatic carbocycles. The summed E-state index contributed by atoms with van der Waals surface area (Å²) < 4.78 is 5.60. The molecule has 0 bridgehead atoms. The van der Waals surface area contributed by atoms with Crippen LogP contribution in [0, 0.1) is 0 Å². The summed E-state index contributed by atoms with van der Waals surface area (Å²) in [6, 6.07) is 16.2. The van der Waals surface area contributed by atoms with E-state index in [1.54, 1.807) is 31.2 Å². The van der Waals surface area contributed by atoms with Crippen molar-refractivity contribution in [2.75, 3.05) is 18.4 Å². The van der Waals surface area contributed by atoms with Gasteiger partial charge in [0.1, 0.15) is 5.75 Å². The van der Waals surface area contributed by atoms with Gasteiger partial charge in [0.25, 0.3) is 11.8 Å². The van der Waals surface area contributed by atoms with Gasteiger partial charge in [-0.15, -0.1) is 0 Å². The van der Waals surface area contributed by atoms with Crippen molar-refractivity contribution in [3.8, 4) is 5.75 Å². The number of para-hydroxylation sites is 1.